The van der Waals surface area contributed by atoms with Gasteiger partial charge in [0.2, 0.25) is 0 Å². The molecule has 37 heavy (non-hydrogen) atoms. The van der Waals surface area contributed by atoms with E-state index in [1.807, 2.05) is 54.7 Å². The molecule has 2 aromatic heterocycles. The van der Waals surface area contributed by atoms with E-state index in [4.69, 9.17) is 24.2 Å². The van der Waals surface area contributed by atoms with Crippen LogP contribution in [-0.2, 0) is 16.5 Å². The summed E-state index contributed by atoms with van der Waals surface area (Å²) in [6, 6.07) is 18.6. The first-order valence-corrected chi connectivity index (χ1v) is 12.7. The SMILES string of the molecule is COc1cccc(-c2nc(-n3cc(-c4ccc(C[SH](=O)=O)cc4)cn3)nc3cc(OC)c(OC)cc23)c1. The van der Waals surface area contributed by atoms with E-state index in [1.165, 1.54) is 0 Å². The third-order valence-corrected chi connectivity index (χ3v) is 6.54. The summed E-state index contributed by atoms with van der Waals surface area (Å²) in [4.78, 5) is 9.64. The Hall–Kier alpha value is -4.44. The van der Waals surface area contributed by atoms with Crippen LogP contribution in [0.15, 0.2) is 73.1 Å². The highest BCUT2D eigenvalue weighted by Gasteiger charge is 2.17. The molecule has 10 heteroatoms. The van der Waals surface area contributed by atoms with Crippen LogP contribution in [0.4, 0.5) is 0 Å². The zero-order chi connectivity index (χ0) is 25.9. The molecule has 0 atom stereocenters. The summed E-state index contributed by atoms with van der Waals surface area (Å²) in [5.41, 5.74) is 4.67. The summed E-state index contributed by atoms with van der Waals surface area (Å²) in [5.74, 6) is 2.22. The predicted octanol–water partition coefficient (Wildman–Crippen LogP) is 4.29. The van der Waals surface area contributed by atoms with Crippen LogP contribution in [0.25, 0.3) is 39.2 Å². The largest absolute Gasteiger partial charge is 0.497 e. The zero-order valence-electron chi connectivity index (χ0n) is 20.4. The van der Waals surface area contributed by atoms with Gasteiger partial charge in [-0.3, -0.25) is 0 Å². The average Bonchev–Trinajstić information content (AvgIpc) is 3.42. The van der Waals surface area contributed by atoms with Crippen molar-refractivity contribution in [2.24, 2.45) is 0 Å². The van der Waals surface area contributed by atoms with Crippen LogP contribution in [-0.4, -0.2) is 49.5 Å². The summed E-state index contributed by atoms with van der Waals surface area (Å²) in [5, 5.41) is 5.29. The Kier molecular flexibility index (Phi) is 6.74. The van der Waals surface area contributed by atoms with E-state index in [0.717, 1.165) is 27.6 Å². The van der Waals surface area contributed by atoms with E-state index in [-0.39, 0.29) is 5.75 Å². The van der Waals surface area contributed by atoms with Crippen molar-refractivity contribution in [1.29, 1.82) is 0 Å². The maximum atomic E-state index is 11.0. The van der Waals surface area contributed by atoms with Crippen LogP contribution >= 0.6 is 0 Å². The lowest BCUT2D eigenvalue weighted by Gasteiger charge is -2.13. The predicted molar refractivity (Wildman–Crippen MR) is 141 cm³/mol. The first-order chi connectivity index (χ1) is 18.0. The molecule has 9 nitrogen and oxygen atoms in total. The standard InChI is InChI=1S/C27H24N4O5S/c1-34-21-6-4-5-19(11-21)26-22-12-24(35-2)25(36-3)13-23(22)29-27(30-26)31-15-20(14-28-31)18-9-7-17(8-10-18)16-37(32)33/h4-15,37H,16H2,1-3H3. The second-order valence-corrected chi connectivity index (χ2v) is 9.17. The number of hydrogen-bond acceptors (Lipinski definition) is 8. The zero-order valence-corrected chi connectivity index (χ0v) is 21.3. The Balaban J connectivity index is 1.63. The van der Waals surface area contributed by atoms with Crippen LogP contribution in [0.3, 0.4) is 0 Å². The number of benzene rings is 3. The van der Waals surface area contributed by atoms with E-state index < -0.39 is 10.7 Å². The maximum absolute atomic E-state index is 11.0. The van der Waals surface area contributed by atoms with Crippen LogP contribution < -0.4 is 14.2 Å². The molecule has 0 unspecified atom stereocenters. The lowest BCUT2D eigenvalue weighted by Crippen LogP contribution is -2.04. The second kappa shape index (κ2) is 10.3. The van der Waals surface area contributed by atoms with Crippen molar-refractivity contribution in [2.75, 3.05) is 21.3 Å². The van der Waals surface area contributed by atoms with Crippen LogP contribution in [0.5, 0.6) is 17.2 Å². The number of fused-ring (bicyclic) bond motifs is 1. The number of ether oxygens (including phenoxy) is 3. The number of thiol groups is 1. The highest BCUT2D eigenvalue weighted by Crippen LogP contribution is 2.36. The van der Waals surface area contributed by atoms with Gasteiger partial charge in [-0.05, 0) is 29.3 Å². The molecular weight excluding hydrogens is 492 g/mol. The molecule has 0 fully saturated rings. The monoisotopic (exact) mass is 516 g/mol. The van der Waals surface area contributed by atoms with Gasteiger partial charge in [-0.1, -0.05) is 36.4 Å². The molecule has 0 radical (unpaired) electrons. The summed E-state index contributed by atoms with van der Waals surface area (Å²) in [6.45, 7) is 0. The number of methoxy groups -OCH3 is 3. The summed E-state index contributed by atoms with van der Waals surface area (Å²) < 4.78 is 40.1. The van der Waals surface area contributed by atoms with Crippen LogP contribution in [0, 0.1) is 0 Å². The molecule has 0 amide bonds. The average molecular weight is 517 g/mol. The van der Waals surface area contributed by atoms with Crippen molar-refractivity contribution in [2.45, 2.75) is 5.75 Å². The molecular formula is C27H24N4O5S. The quantitative estimate of drug-likeness (QED) is 0.305. The van der Waals surface area contributed by atoms with Crippen molar-refractivity contribution in [3.63, 3.8) is 0 Å². The van der Waals surface area contributed by atoms with Gasteiger partial charge in [-0.25, -0.2) is 23.1 Å². The van der Waals surface area contributed by atoms with Crippen molar-refractivity contribution in [3.8, 4) is 45.6 Å². The first kappa shape index (κ1) is 24.3. The molecule has 5 aromatic rings. The van der Waals surface area contributed by atoms with Gasteiger partial charge in [-0.15, -0.1) is 0 Å². The minimum Gasteiger partial charge on any atom is -0.497 e. The fourth-order valence-corrected chi connectivity index (χ4v) is 4.58. The lowest BCUT2D eigenvalue weighted by atomic mass is 10.1. The van der Waals surface area contributed by atoms with Gasteiger partial charge in [0.15, 0.2) is 11.5 Å². The van der Waals surface area contributed by atoms with Gasteiger partial charge in [-0.2, -0.15) is 5.10 Å². The van der Waals surface area contributed by atoms with Gasteiger partial charge >= 0.3 is 0 Å². The molecule has 188 valence electrons. The van der Waals surface area contributed by atoms with E-state index in [2.05, 4.69) is 5.10 Å². The third kappa shape index (κ3) is 4.96. The Bertz CT molecular complexity index is 1650. The minimum absolute atomic E-state index is 0.0150. The highest BCUT2D eigenvalue weighted by atomic mass is 32.2. The number of nitrogens with zero attached hydrogens (tertiary/aromatic N) is 4. The van der Waals surface area contributed by atoms with E-state index in [1.54, 1.807) is 44.3 Å². The molecule has 0 bridgehead atoms. The van der Waals surface area contributed by atoms with Gasteiger partial charge in [0.25, 0.3) is 5.95 Å². The van der Waals surface area contributed by atoms with Crippen LogP contribution in [0.1, 0.15) is 5.56 Å². The summed E-state index contributed by atoms with van der Waals surface area (Å²) in [7, 11) is 2.31. The lowest BCUT2D eigenvalue weighted by molar-refractivity contribution is 0.356. The first-order valence-electron chi connectivity index (χ1n) is 11.3. The van der Waals surface area contributed by atoms with Crippen LogP contribution in [0.2, 0.25) is 0 Å². The van der Waals surface area contributed by atoms with Crippen molar-refractivity contribution in [3.05, 3.63) is 78.6 Å². The topological polar surface area (TPSA) is 105 Å². The van der Waals surface area contributed by atoms with Crippen molar-refractivity contribution < 1.29 is 22.6 Å². The maximum Gasteiger partial charge on any atom is 0.251 e. The molecule has 0 N–H and O–H groups in total. The minimum atomic E-state index is -2.47. The molecule has 2 heterocycles. The normalized spacial score (nSPS) is 11.1. The molecule has 0 spiro atoms. The highest BCUT2D eigenvalue weighted by molar-refractivity contribution is 7.71. The summed E-state index contributed by atoms with van der Waals surface area (Å²) in [6.07, 6.45) is 3.55. The molecule has 3 aromatic carbocycles. The Morgan fingerprint density at radius 3 is 2.27 bits per heavy atom. The van der Waals surface area contributed by atoms with E-state index in [0.29, 0.717) is 34.4 Å². The third-order valence-electron chi connectivity index (χ3n) is 5.92. The number of aromatic nitrogens is 4. The van der Waals surface area contributed by atoms with Gasteiger partial charge in [0.1, 0.15) is 16.5 Å². The second-order valence-electron chi connectivity index (χ2n) is 8.19. The Morgan fingerprint density at radius 1 is 0.811 bits per heavy atom. The van der Waals surface area contributed by atoms with E-state index >= 15 is 0 Å². The van der Waals surface area contributed by atoms with Crippen molar-refractivity contribution >= 4 is 21.6 Å². The van der Waals surface area contributed by atoms with Crippen molar-refractivity contribution in [1.82, 2.24) is 19.7 Å². The Labute approximate surface area is 215 Å². The fourth-order valence-electron chi connectivity index (χ4n) is 4.07. The number of hydrogen-bond donors (Lipinski definition) is 1. The fraction of sp³-hybridized carbons (Fsp3) is 0.148. The summed E-state index contributed by atoms with van der Waals surface area (Å²) >= 11 is 0. The molecule has 0 aliphatic heterocycles. The van der Waals surface area contributed by atoms with E-state index in [9.17, 15) is 8.42 Å². The molecule has 0 aliphatic carbocycles. The molecule has 0 saturated heterocycles. The van der Waals surface area contributed by atoms with Gasteiger partial charge in [0.05, 0.1) is 44.5 Å². The van der Waals surface area contributed by atoms with Gasteiger partial charge in [0, 0.05) is 28.8 Å². The molecule has 5 rings (SSSR count). The molecule has 0 saturated carbocycles. The Morgan fingerprint density at radius 2 is 1.57 bits per heavy atom. The molecule has 0 aliphatic rings. The van der Waals surface area contributed by atoms with Gasteiger partial charge < -0.3 is 14.2 Å². The smallest absolute Gasteiger partial charge is 0.251 e. The number of rotatable bonds is 8.